The van der Waals surface area contributed by atoms with Crippen molar-refractivity contribution in [3.63, 3.8) is 0 Å². The summed E-state index contributed by atoms with van der Waals surface area (Å²) >= 11 is 0. The Balaban J connectivity index is 2.24. The summed E-state index contributed by atoms with van der Waals surface area (Å²) < 4.78 is 49.9. The molecule has 2 rings (SSSR count). The van der Waals surface area contributed by atoms with Gasteiger partial charge in [-0.15, -0.1) is 0 Å². The summed E-state index contributed by atoms with van der Waals surface area (Å²) in [4.78, 5) is 0.170. The second-order valence-corrected chi connectivity index (χ2v) is 9.20. The summed E-state index contributed by atoms with van der Waals surface area (Å²) in [6, 6.07) is 13.0. The second-order valence-electron chi connectivity index (χ2n) is 5.37. The highest BCUT2D eigenvalue weighted by Gasteiger charge is 2.14. The van der Waals surface area contributed by atoms with Crippen molar-refractivity contribution in [2.75, 3.05) is 11.0 Å². The number of anilines is 1. The van der Waals surface area contributed by atoms with Crippen molar-refractivity contribution < 1.29 is 16.8 Å². The maximum absolute atomic E-state index is 12.4. The molecule has 0 amide bonds. The average Bonchev–Trinajstić information content (AvgIpc) is 2.45. The van der Waals surface area contributed by atoms with Crippen LogP contribution < -0.4 is 4.72 Å². The van der Waals surface area contributed by atoms with E-state index < -0.39 is 19.9 Å². The van der Waals surface area contributed by atoms with E-state index in [2.05, 4.69) is 4.72 Å². The molecular formula is C16H19NO4S2. The summed E-state index contributed by atoms with van der Waals surface area (Å²) in [5, 5.41) is 0. The Bertz CT molecular complexity index is 886. The van der Waals surface area contributed by atoms with Crippen molar-refractivity contribution in [3.8, 4) is 0 Å². The standard InChI is InChI=1S/C16H19NO4S2/c1-3-13-7-9-16(10-8-13)23(20,21)17-15-6-4-5-14(11-15)12-22(2,18)19/h4-11,17H,3,12H2,1-2H3. The van der Waals surface area contributed by atoms with Gasteiger partial charge in [0.1, 0.15) is 0 Å². The minimum absolute atomic E-state index is 0.131. The van der Waals surface area contributed by atoms with Crippen LogP contribution in [0.1, 0.15) is 18.1 Å². The minimum Gasteiger partial charge on any atom is -0.280 e. The number of sulfone groups is 1. The summed E-state index contributed by atoms with van der Waals surface area (Å²) in [6.07, 6.45) is 1.97. The van der Waals surface area contributed by atoms with Crippen molar-refractivity contribution >= 4 is 25.5 Å². The molecule has 0 fully saturated rings. The normalized spacial score (nSPS) is 12.1. The van der Waals surface area contributed by atoms with E-state index in [1.54, 1.807) is 42.5 Å². The first kappa shape index (κ1) is 17.5. The first-order chi connectivity index (χ1) is 10.7. The topological polar surface area (TPSA) is 80.3 Å². The quantitative estimate of drug-likeness (QED) is 0.865. The molecule has 0 bridgehead atoms. The molecule has 0 atom stereocenters. The SMILES string of the molecule is CCc1ccc(S(=O)(=O)Nc2cccc(CS(C)(=O)=O)c2)cc1. The molecule has 0 aliphatic rings. The molecule has 2 aromatic carbocycles. The van der Waals surface area contributed by atoms with Gasteiger partial charge in [0, 0.05) is 11.9 Å². The minimum atomic E-state index is -3.70. The number of nitrogens with one attached hydrogen (secondary N) is 1. The largest absolute Gasteiger partial charge is 0.280 e. The van der Waals surface area contributed by atoms with Crippen LogP contribution in [-0.2, 0) is 32.0 Å². The lowest BCUT2D eigenvalue weighted by atomic mass is 10.2. The Labute approximate surface area is 137 Å². The maximum Gasteiger partial charge on any atom is 0.261 e. The van der Waals surface area contributed by atoms with Gasteiger partial charge in [-0.05, 0) is 41.8 Å². The Morgan fingerprint density at radius 3 is 2.13 bits per heavy atom. The van der Waals surface area contributed by atoms with Gasteiger partial charge in [-0.1, -0.05) is 31.2 Å². The molecule has 0 radical (unpaired) electrons. The van der Waals surface area contributed by atoms with Gasteiger partial charge >= 0.3 is 0 Å². The molecule has 124 valence electrons. The Kier molecular flexibility index (Phi) is 5.11. The number of rotatable bonds is 6. The molecule has 0 heterocycles. The van der Waals surface area contributed by atoms with Crippen LogP contribution in [0, 0.1) is 0 Å². The van der Waals surface area contributed by atoms with Crippen molar-refractivity contribution in [3.05, 3.63) is 59.7 Å². The Morgan fingerprint density at radius 1 is 0.913 bits per heavy atom. The van der Waals surface area contributed by atoms with E-state index in [-0.39, 0.29) is 10.6 Å². The van der Waals surface area contributed by atoms with E-state index in [1.165, 1.54) is 6.07 Å². The van der Waals surface area contributed by atoms with Gasteiger partial charge in [0.05, 0.1) is 10.6 Å². The van der Waals surface area contributed by atoms with Crippen LogP contribution in [-0.4, -0.2) is 23.1 Å². The van der Waals surface area contributed by atoms with Crippen molar-refractivity contribution in [2.24, 2.45) is 0 Å². The van der Waals surface area contributed by atoms with Crippen molar-refractivity contribution in [1.82, 2.24) is 0 Å². The lowest BCUT2D eigenvalue weighted by Gasteiger charge is -2.10. The highest BCUT2D eigenvalue weighted by atomic mass is 32.2. The third-order valence-electron chi connectivity index (χ3n) is 3.25. The van der Waals surface area contributed by atoms with Crippen LogP contribution in [0.25, 0.3) is 0 Å². The number of hydrogen-bond donors (Lipinski definition) is 1. The fraction of sp³-hybridized carbons (Fsp3) is 0.250. The zero-order valence-corrected chi connectivity index (χ0v) is 14.6. The highest BCUT2D eigenvalue weighted by Crippen LogP contribution is 2.19. The van der Waals surface area contributed by atoms with E-state index in [0.717, 1.165) is 18.2 Å². The Hall–Kier alpha value is -1.86. The van der Waals surface area contributed by atoms with E-state index in [4.69, 9.17) is 0 Å². The van der Waals surface area contributed by atoms with Crippen molar-refractivity contribution in [2.45, 2.75) is 24.0 Å². The smallest absolute Gasteiger partial charge is 0.261 e. The third-order valence-corrected chi connectivity index (χ3v) is 5.50. The molecule has 0 aliphatic heterocycles. The predicted octanol–water partition coefficient (Wildman–Crippen LogP) is 2.59. The van der Waals surface area contributed by atoms with Gasteiger partial charge in [0.2, 0.25) is 0 Å². The zero-order valence-electron chi connectivity index (χ0n) is 13.0. The lowest BCUT2D eigenvalue weighted by molar-refractivity contribution is 0.599. The molecule has 1 N–H and O–H groups in total. The summed E-state index contributed by atoms with van der Waals surface area (Å²) in [5.74, 6) is -0.131. The molecule has 2 aromatic rings. The third kappa shape index (κ3) is 5.07. The van der Waals surface area contributed by atoms with Gasteiger partial charge < -0.3 is 0 Å². The van der Waals surface area contributed by atoms with Crippen molar-refractivity contribution in [1.29, 1.82) is 0 Å². The summed E-state index contributed by atoms with van der Waals surface area (Å²) in [5.41, 5.74) is 1.93. The monoisotopic (exact) mass is 353 g/mol. The van der Waals surface area contributed by atoms with Gasteiger partial charge in [-0.3, -0.25) is 4.72 Å². The van der Waals surface area contributed by atoms with Gasteiger partial charge in [0.15, 0.2) is 9.84 Å². The number of benzene rings is 2. The fourth-order valence-corrected chi connectivity index (χ4v) is 3.98. The van der Waals surface area contributed by atoms with Crippen LogP contribution in [0.2, 0.25) is 0 Å². The molecule has 23 heavy (non-hydrogen) atoms. The molecule has 0 unspecified atom stereocenters. The molecule has 0 saturated heterocycles. The van der Waals surface area contributed by atoms with Crippen LogP contribution in [0.3, 0.4) is 0 Å². The molecule has 0 spiro atoms. The molecule has 7 heteroatoms. The van der Waals surface area contributed by atoms with Gasteiger partial charge in [0.25, 0.3) is 10.0 Å². The maximum atomic E-state index is 12.4. The summed E-state index contributed by atoms with van der Waals surface area (Å²) in [7, 11) is -6.87. The van der Waals surface area contributed by atoms with Crippen LogP contribution in [0.4, 0.5) is 5.69 Å². The number of aryl methyl sites for hydroxylation is 1. The van der Waals surface area contributed by atoms with E-state index in [1.807, 2.05) is 6.92 Å². The van der Waals surface area contributed by atoms with Gasteiger partial charge in [-0.25, -0.2) is 16.8 Å². The highest BCUT2D eigenvalue weighted by molar-refractivity contribution is 7.92. The molecule has 0 aliphatic carbocycles. The predicted molar refractivity (Wildman–Crippen MR) is 91.6 cm³/mol. The second kappa shape index (κ2) is 6.72. The first-order valence-electron chi connectivity index (χ1n) is 7.08. The van der Waals surface area contributed by atoms with Crippen LogP contribution >= 0.6 is 0 Å². The zero-order chi connectivity index (χ0) is 17.1. The molecule has 0 aromatic heterocycles. The van der Waals surface area contributed by atoms with Gasteiger partial charge in [-0.2, -0.15) is 0 Å². The summed E-state index contributed by atoms with van der Waals surface area (Å²) in [6.45, 7) is 2.00. The molecular weight excluding hydrogens is 334 g/mol. The first-order valence-corrected chi connectivity index (χ1v) is 10.6. The van der Waals surface area contributed by atoms with E-state index in [0.29, 0.717) is 11.3 Å². The van der Waals surface area contributed by atoms with Crippen LogP contribution in [0.5, 0.6) is 0 Å². The average molecular weight is 353 g/mol. The lowest BCUT2D eigenvalue weighted by Crippen LogP contribution is -2.13. The van der Waals surface area contributed by atoms with E-state index >= 15 is 0 Å². The Morgan fingerprint density at radius 2 is 1.57 bits per heavy atom. The van der Waals surface area contributed by atoms with E-state index in [9.17, 15) is 16.8 Å². The number of hydrogen-bond acceptors (Lipinski definition) is 4. The van der Waals surface area contributed by atoms with Crippen LogP contribution in [0.15, 0.2) is 53.4 Å². The number of sulfonamides is 1. The molecule has 5 nitrogen and oxygen atoms in total. The molecule has 0 saturated carbocycles. The fourth-order valence-electron chi connectivity index (χ4n) is 2.15.